The van der Waals surface area contributed by atoms with Crippen LogP contribution in [0.5, 0.6) is 0 Å². The first kappa shape index (κ1) is 11.4. The van der Waals surface area contributed by atoms with Crippen LogP contribution in [0.4, 0.5) is 13.2 Å². The van der Waals surface area contributed by atoms with Crippen LogP contribution in [0.2, 0.25) is 0 Å². The van der Waals surface area contributed by atoms with E-state index < -0.39 is 28.4 Å². The van der Waals surface area contributed by atoms with Crippen LogP contribution in [0.25, 0.3) is 0 Å². The van der Waals surface area contributed by atoms with Gasteiger partial charge >= 0.3 is 5.97 Å². The van der Waals surface area contributed by atoms with Gasteiger partial charge in [0.1, 0.15) is 17.0 Å². The summed E-state index contributed by atoms with van der Waals surface area (Å²) in [4.78, 5) is 10.8. The fraction of sp³-hybridized carbons (Fsp3) is 0.917. The Labute approximate surface area is 97.2 Å². The van der Waals surface area contributed by atoms with Crippen LogP contribution in [-0.2, 0) is 4.79 Å². The van der Waals surface area contributed by atoms with Crippen LogP contribution in [0.1, 0.15) is 44.9 Å². The van der Waals surface area contributed by atoms with Crippen molar-refractivity contribution >= 4 is 5.97 Å². The smallest absolute Gasteiger partial charge is 0.303 e. The molecule has 0 aromatic rings. The van der Waals surface area contributed by atoms with Gasteiger partial charge in [-0.1, -0.05) is 0 Å². The van der Waals surface area contributed by atoms with Crippen molar-refractivity contribution in [2.45, 2.75) is 62.0 Å². The van der Waals surface area contributed by atoms with Gasteiger partial charge in [0.2, 0.25) is 0 Å². The van der Waals surface area contributed by atoms with Crippen LogP contribution in [0.15, 0.2) is 0 Å². The second-order valence-electron chi connectivity index (χ2n) is 6.58. The monoisotopic (exact) mass is 248 g/mol. The van der Waals surface area contributed by atoms with E-state index in [-0.39, 0.29) is 44.9 Å². The molecule has 1 N–H and O–H groups in total. The first-order valence-corrected chi connectivity index (χ1v) is 5.94. The summed E-state index contributed by atoms with van der Waals surface area (Å²) in [6.07, 6.45) is -1.08. The minimum atomic E-state index is -1.84. The summed E-state index contributed by atoms with van der Waals surface area (Å²) in [6.45, 7) is 0. The molecule has 0 saturated heterocycles. The number of rotatable bonds is 2. The van der Waals surface area contributed by atoms with E-state index in [9.17, 15) is 18.0 Å². The van der Waals surface area contributed by atoms with Gasteiger partial charge in [-0.3, -0.25) is 4.79 Å². The third-order valence-electron chi connectivity index (χ3n) is 4.50. The first-order valence-electron chi connectivity index (χ1n) is 5.94. The zero-order chi connectivity index (χ0) is 12.5. The lowest BCUT2D eigenvalue weighted by Gasteiger charge is -2.62. The predicted molar refractivity (Wildman–Crippen MR) is 53.9 cm³/mol. The highest BCUT2D eigenvalue weighted by Crippen LogP contribution is 2.68. The molecular weight excluding hydrogens is 233 g/mol. The summed E-state index contributed by atoms with van der Waals surface area (Å²) < 4.78 is 43.2. The van der Waals surface area contributed by atoms with Crippen molar-refractivity contribution in [2.24, 2.45) is 5.41 Å². The summed E-state index contributed by atoms with van der Waals surface area (Å²) >= 11 is 0. The van der Waals surface area contributed by atoms with E-state index in [1.165, 1.54) is 0 Å². The number of alkyl halides is 3. The molecule has 96 valence electrons. The Bertz CT molecular complexity index is 342. The van der Waals surface area contributed by atoms with Gasteiger partial charge in [-0.2, -0.15) is 0 Å². The van der Waals surface area contributed by atoms with Gasteiger partial charge in [-0.25, -0.2) is 13.2 Å². The summed E-state index contributed by atoms with van der Waals surface area (Å²) in [5.41, 5.74) is -6.53. The quantitative estimate of drug-likeness (QED) is 0.815. The Balaban J connectivity index is 2.01. The molecule has 4 bridgehead atoms. The van der Waals surface area contributed by atoms with Crippen LogP contribution in [0.3, 0.4) is 0 Å². The lowest BCUT2D eigenvalue weighted by atomic mass is 9.45. The summed E-state index contributed by atoms with van der Waals surface area (Å²) in [7, 11) is 0. The average Bonchev–Trinajstić information content (AvgIpc) is 1.87. The number of hydrogen-bond acceptors (Lipinski definition) is 1. The van der Waals surface area contributed by atoms with E-state index in [0.29, 0.717) is 0 Å². The van der Waals surface area contributed by atoms with Crippen LogP contribution in [0, 0.1) is 5.41 Å². The van der Waals surface area contributed by atoms with Crippen molar-refractivity contribution in [3.05, 3.63) is 0 Å². The molecule has 4 aliphatic carbocycles. The topological polar surface area (TPSA) is 37.3 Å². The minimum absolute atomic E-state index is 0.00361. The van der Waals surface area contributed by atoms with Gasteiger partial charge in [0.15, 0.2) is 0 Å². The Kier molecular flexibility index (Phi) is 1.87. The molecule has 0 amide bonds. The van der Waals surface area contributed by atoms with Gasteiger partial charge < -0.3 is 5.11 Å². The fourth-order valence-corrected chi connectivity index (χ4v) is 4.98. The molecule has 17 heavy (non-hydrogen) atoms. The molecule has 0 heterocycles. The average molecular weight is 248 g/mol. The van der Waals surface area contributed by atoms with Crippen LogP contribution in [-0.4, -0.2) is 28.1 Å². The van der Waals surface area contributed by atoms with E-state index in [1.54, 1.807) is 0 Å². The van der Waals surface area contributed by atoms with Crippen molar-refractivity contribution < 1.29 is 23.1 Å². The molecule has 0 atom stereocenters. The van der Waals surface area contributed by atoms with Gasteiger partial charge in [-0.05, 0) is 24.7 Å². The maximum absolute atomic E-state index is 14.4. The van der Waals surface area contributed by atoms with E-state index in [2.05, 4.69) is 0 Å². The molecule has 4 aliphatic rings. The maximum atomic E-state index is 14.4. The SMILES string of the molecule is O=C(O)CC12CC3(F)CC(F)(CC(F)(C3)C1)C2. The van der Waals surface area contributed by atoms with Crippen molar-refractivity contribution in [1.82, 2.24) is 0 Å². The maximum Gasteiger partial charge on any atom is 0.303 e. The van der Waals surface area contributed by atoms with E-state index in [0.717, 1.165) is 0 Å². The molecule has 0 spiro atoms. The molecule has 4 saturated carbocycles. The van der Waals surface area contributed by atoms with Crippen molar-refractivity contribution in [2.75, 3.05) is 0 Å². The molecular formula is C12H15F3O2. The highest BCUT2D eigenvalue weighted by Gasteiger charge is 2.70. The van der Waals surface area contributed by atoms with Gasteiger partial charge in [0, 0.05) is 19.3 Å². The Morgan fingerprint density at radius 3 is 1.53 bits per heavy atom. The van der Waals surface area contributed by atoms with Crippen molar-refractivity contribution in [1.29, 1.82) is 0 Å². The lowest BCUT2D eigenvalue weighted by Crippen LogP contribution is -2.65. The number of aliphatic carboxylic acids is 1. The number of carbonyl (C=O) groups is 1. The molecule has 5 heteroatoms. The van der Waals surface area contributed by atoms with Gasteiger partial charge in [0.05, 0.1) is 6.42 Å². The number of halogens is 3. The second kappa shape index (κ2) is 2.81. The zero-order valence-electron chi connectivity index (χ0n) is 9.44. The predicted octanol–water partition coefficient (Wildman–Crippen LogP) is 2.95. The molecule has 2 nitrogen and oxygen atoms in total. The Morgan fingerprint density at radius 1 is 0.882 bits per heavy atom. The van der Waals surface area contributed by atoms with E-state index >= 15 is 0 Å². The van der Waals surface area contributed by atoms with Gasteiger partial charge in [0.25, 0.3) is 0 Å². The van der Waals surface area contributed by atoms with Crippen molar-refractivity contribution in [3.63, 3.8) is 0 Å². The molecule has 0 radical (unpaired) electrons. The molecule has 0 aromatic heterocycles. The number of carboxylic acids is 1. The zero-order valence-corrected chi connectivity index (χ0v) is 9.44. The summed E-state index contributed by atoms with van der Waals surface area (Å²) in [5.74, 6) is -1.09. The molecule has 0 aliphatic heterocycles. The second-order valence-corrected chi connectivity index (χ2v) is 6.58. The number of hydrogen-bond donors (Lipinski definition) is 1. The molecule has 0 aromatic carbocycles. The van der Waals surface area contributed by atoms with E-state index in [1.807, 2.05) is 0 Å². The Morgan fingerprint density at radius 2 is 1.24 bits per heavy atom. The first-order chi connectivity index (χ1) is 7.66. The highest BCUT2D eigenvalue weighted by atomic mass is 19.2. The highest BCUT2D eigenvalue weighted by molar-refractivity contribution is 5.68. The fourth-order valence-electron chi connectivity index (χ4n) is 4.98. The largest absolute Gasteiger partial charge is 0.481 e. The summed E-state index contributed by atoms with van der Waals surface area (Å²) in [6, 6.07) is 0. The van der Waals surface area contributed by atoms with Crippen molar-refractivity contribution in [3.8, 4) is 0 Å². The Hall–Kier alpha value is -0.740. The summed E-state index contributed by atoms with van der Waals surface area (Å²) in [5, 5.41) is 8.86. The normalized spacial score (nSPS) is 56.2. The minimum Gasteiger partial charge on any atom is -0.481 e. The standard InChI is InChI=1S/C12H15F3O2/c13-10-2-9(1-8(16)17)3-11(14,5-10)7-12(15,4-9)6-10/h1-7H2,(H,16,17). The van der Waals surface area contributed by atoms with Crippen LogP contribution >= 0.6 is 0 Å². The third-order valence-corrected chi connectivity index (χ3v) is 4.50. The molecule has 4 rings (SSSR count). The number of carboxylic acid groups (broad SMARTS) is 1. The van der Waals surface area contributed by atoms with E-state index in [4.69, 9.17) is 5.11 Å². The lowest BCUT2D eigenvalue weighted by molar-refractivity contribution is -0.219. The molecule has 0 unspecified atom stereocenters. The molecule has 4 fully saturated rings. The van der Waals surface area contributed by atoms with Gasteiger partial charge in [-0.15, -0.1) is 0 Å². The van der Waals surface area contributed by atoms with Crippen LogP contribution < -0.4 is 0 Å². The third kappa shape index (κ3) is 1.66.